The molecule has 0 atom stereocenters. The second kappa shape index (κ2) is 17.8. The first-order valence-corrected chi connectivity index (χ1v) is 11.7. The molecule has 0 bridgehead atoms. The van der Waals surface area contributed by atoms with Gasteiger partial charge in [-0.3, -0.25) is 0 Å². The molecule has 0 aliphatic heterocycles. The van der Waals surface area contributed by atoms with Crippen LogP contribution >= 0.6 is 46.4 Å². The van der Waals surface area contributed by atoms with Gasteiger partial charge in [0.05, 0.1) is 10.7 Å². The van der Waals surface area contributed by atoms with Crippen LogP contribution in [0.3, 0.4) is 0 Å². The largest absolute Gasteiger partial charge is 0.109 e. The first-order valence-electron chi connectivity index (χ1n) is 7.82. The molecule has 0 amide bonds. The number of hydrogen-bond acceptors (Lipinski definition) is 4. The van der Waals surface area contributed by atoms with Crippen molar-refractivity contribution in [3.63, 3.8) is 0 Å². The van der Waals surface area contributed by atoms with Crippen molar-refractivity contribution in [2.75, 3.05) is 10.7 Å². The van der Waals surface area contributed by atoms with Crippen molar-refractivity contribution in [3.05, 3.63) is 44.2 Å². The first-order chi connectivity index (χ1) is 13.0. The maximum Gasteiger partial charge on any atom is 0.0967 e. The molecule has 6 nitrogen and oxygen atoms in total. The molecule has 0 unspecified atom stereocenters. The quantitative estimate of drug-likeness (QED) is 0.408. The number of aromatic amines is 2. The van der Waals surface area contributed by atoms with Crippen LogP contribution in [0, 0.1) is 0 Å². The van der Waals surface area contributed by atoms with Gasteiger partial charge in [-0.1, -0.05) is 0 Å². The normalized spacial score (nSPS) is 9.50. The molecule has 158 valence electrons. The Balaban J connectivity index is 0. The molecule has 0 aromatic carbocycles. The molecule has 0 saturated carbocycles. The van der Waals surface area contributed by atoms with Crippen LogP contribution < -0.4 is 20.6 Å². The van der Waals surface area contributed by atoms with Gasteiger partial charge in [0.2, 0.25) is 0 Å². The van der Waals surface area contributed by atoms with Gasteiger partial charge < -0.3 is 0 Å². The molecule has 0 aliphatic carbocycles. The summed E-state index contributed by atoms with van der Waals surface area (Å²) in [5, 5.41) is 0.389. The van der Waals surface area contributed by atoms with Crippen molar-refractivity contribution >= 4 is 87.9 Å². The second-order valence-corrected chi connectivity index (χ2v) is 8.70. The van der Waals surface area contributed by atoms with Gasteiger partial charge >= 0.3 is 145 Å². The van der Waals surface area contributed by atoms with Gasteiger partial charge in [0.1, 0.15) is 0 Å². The van der Waals surface area contributed by atoms with Crippen LogP contribution in [0.5, 0.6) is 0 Å². The fourth-order valence-corrected chi connectivity index (χ4v) is 2.36. The number of alkyl halides is 4. The monoisotopic (exact) mass is 602 g/mol. The van der Waals surface area contributed by atoms with E-state index in [1.54, 1.807) is 0 Å². The minimum Gasteiger partial charge on any atom is -0.109 e. The fourth-order valence-electron chi connectivity index (χ4n) is 1.50. The van der Waals surface area contributed by atoms with Gasteiger partial charge in [-0.25, -0.2) is 0 Å². The summed E-state index contributed by atoms with van der Waals surface area (Å²) in [5.74, 6) is 0.591. The first kappa shape index (κ1) is 30.2. The molecular formula is C16H22Cl4N4O2Se2. The number of H-pyrrole nitrogens is 2. The van der Waals surface area contributed by atoms with E-state index in [-0.39, 0.29) is 21.8 Å². The Bertz CT molecular complexity index is 720. The van der Waals surface area contributed by atoms with Crippen LogP contribution in [0.4, 0.5) is 0 Å². The molecular weight excluding hydrogens is 580 g/mol. The van der Waals surface area contributed by atoms with Crippen LogP contribution in [0.25, 0.3) is 0 Å². The van der Waals surface area contributed by atoms with Crippen LogP contribution in [-0.4, -0.2) is 62.6 Å². The van der Waals surface area contributed by atoms with Crippen molar-refractivity contribution in [1.29, 1.82) is 0 Å². The van der Waals surface area contributed by atoms with Crippen LogP contribution in [0.15, 0.2) is 21.7 Å². The Morgan fingerprint density at radius 2 is 1.04 bits per heavy atom. The topological polar surface area (TPSA) is 91.5 Å². The molecule has 28 heavy (non-hydrogen) atoms. The number of rotatable bonds is 2. The molecule has 2 aromatic heterocycles. The van der Waals surface area contributed by atoms with E-state index in [0.29, 0.717) is 21.3 Å². The Morgan fingerprint density at radius 3 is 1.21 bits per heavy atom. The van der Waals surface area contributed by atoms with E-state index in [1.807, 2.05) is 27.7 Å². The molecule has 2 radical (unpaired) electrons. The van der Waals surface area contributed by atoms with Crippen molar-refractivity contribution in [1.82, 2.24) is 19.9 Å². The standard InChI is InChI=1S/2C7H9N2OSe.2CH2Cl2/c2*1-4(2)5-3-6(10)9-7(11)8-5;2*2-1-3/h2*3-4H,1-2H3,(H,8,9,10);2*1H2. The zero-order chi connectivity index (χ0) is 22.3. The van der Waals surface area contributed by atoms with Crippen molar-refractivity contribution in [2.45, 2.75) is 39.5 Å². The second-order valence-electron chi connectivity index (χ2n) is 5.46. The molecule has 2 rings (SSSR count). The molecule has 0 saturated heterocycles. The van der Waals surface area contributed by atoms with Gasteiger partial charge in [0.25, 0.3) is 0 Å². The molecule has 0 fully saturated rings. The van der Waals surface area contributed by atoms with Crippen LogP contribution in [-0.2, 0) is 0 Å². The number of aromatic nitrogens is 4. The Kier molecular flexibility index (Phi) is 19.2. The summed E-state index contributed by atoms with van der Waals surface area (Å²) in [6.07, 6.45) is 0. The van der Waals surface area contributed by atoms with Crippen molar-refractivity contribution < 1.29 is 0 Å². The van der Waals surface area contributed by atoms with Crippen LogP contribution in [0.2, 0.25) is 0 Å². The number of halogens is 4. The van der Waals surface area contributed by atoms with Crippen LogP contribution in [0.1, 0.15) is 50.9 Å². The maximum atomic E-state index is 10.9. The summed E-state index contributed by atoms with van der Waals surface area (Å²) in [6, 6.07) is 3.04. The molecule has 2 N–H and O–H groups in total. The Hall–Kier alpha value is -0.0410. The van der Waals surface area contributed by atoms with E-state index in [2.05, 4.69) is 52.0 Å². The summed E-state index contributed by atoms with van der Waals surface area (Å²) >= 11 is 24.4. The predicted octanol–water partition coefficient (Wildman–Crippen LogP) is 2.22. The Morgan fingerprint density at radius 1 is 0.786 bits per heavy atom. The van der Waals surface area contributed by atoms with E-state index >= 15 is 0 Å². The summed E-state index contributed by atoms with van der Waals surface area (Å²) in [4.78, 5) is 35.1. The Labute approximate surface area is 201 Å². The summed E-state index contributed by atoms with van der Waals surface area (Å²) in [7, 11) is 0. The third-order valence-corrected chi connectivity index (χ3v) is 3.47. The van der Waals surface area contributed by atoms with E-state index in [0.717, 1.165) is 11.4 Å². The number of nitrogens with zero attached hydrogens (tertiary/aromatic N) is 2. The van der Waals surface area contributed by atoms with Gasteiger partial charge in [-0.2, -0.15) is 0 Å². The fraction of sp³-hybridized carbons (Fsp3) is 0.500. The summed E-state index contributed by atoms with van der Waals surface area (Å²) in [5.41, 5.74) is 1.44. The molecule has 0 aliphatic rings. The maximum absolute atomic E-state index is 10.9. The predicted molar refractivity (Wildman–Crippen MR) is 122 cm³/mol. The smallest absolute Gasteiger partial charge is 0.0967 e. The van der Waals surface area contributed by atoms with Gasteiger partial charge in [0, 0.05) is 0 Å². The van der Waals surface area contributed by atoms with E-state index in [4.69, 9.17) is 46.4 Å². The number of nitrogens with one attached hydrogen (secondary N) is 2. The van der Waals surface area contributed by atoms with E-state index < -0.39 is 0 Å². The average Bonchev–Trinajstić information content (AvgIpc) is 2.55. The summed E-state index contributed by atoms with van der Waals surface area (Å²) < 4.78 is 1.11. The molecule has 2 heterocycles. The zero-order valence-electron chi connectivity index (χ0n) is 15.8. The molecule has 2 aromatic rings. The third kappa shape index (κ3) is 15.8. The summed E-state index contributed by atoms with van der Waals surface area (Å²) in [6.45, 7) is 8.00. The minimum atomic E-state index is -0.0996. The van der Waals surface area contributed by atoms with E-state index in [9.17, 15) is 9.59 Å². The van der Waals surface area contributed by atoms with Crippen molar-refractivity contribution in [2.24, 2.45) is 0 Å². The van der Waals surface area contributed by atoms with Gasteiger partial charge in [-0.15, -0.1) is 46.4 Å². The van der Waals surface area contributed by atoms with E-state index in [1.165, 1.54) is 12.1 Å². The SMILES string of the molecule is CC(C)c1cc(=O)[nH]c([Se])n1.CC(C)c1cc(=O)[nH]c([Se])n1.ClCCl.ClCCl. The molecule has 12 heteroatoms. The van der Waals surface area contributed by atoms with Crippen molar-refractivity contribution in [3.8, 4) is 0 Å². The number of hydrogen-bond donors (Lipinski definition) is 2. The zero-order valence-corrected chi connectivity index (χ0v) is 22.2. The van der Waals surface area contributed by atoms with Gasteiger partial charge in [0.15, 0.2) is 0 Å². The molecule has 0 spiro atoms. The van der Waals surface area contributed by atoms with Gasteiger partial charge in [-0.05, 0) is 0 Å². The average molecular weight is 602 g/mol. The third-order valence-electron chi connectivity index (χ3n) is 2.66. The minimum absolute atomic E-state index is 0.0996.